The van der Waals surface area contributed by atoms with Gasteiger partial charge in [0.15, 0.2) is 0 Å². The van der Waals surface area contributed by atoms with Gasteiger partial charge in [-0.25, -0.2) is 0 Å². The third-order valence-electron chi connectivity index (χ3n) is 12.7. The predicted octanol–water partition coefficient (Wildman–Crippen LogP) is 16.3. The Balaban J connectivity index is 1.07. The lowest BCUT2D eigenvalue weighted by molar-refractivity contribution is 0.660. The highest BCUT2D eigenvalue weighted by Gasteiger charge is 2.36. The first kappa shape index (κ1) is 34.4. The van der Waals surface area contributed by atoms with E-state index in [4.69, 9.17) is 8.83 Å². The SMILES string of the molecule is CC1(C)c2ccccc2-c2ccc(N(c3ccc(-c4ccccc4)cc3)c3ccc(-c4ccccc4-c4ccc5c(c4)oc4ccccc45)c4oc5ccccc5c34)cc21. The number of furan rings is 2. The van der Waals surface area contributed by atoms with Crippen LogP contribution < -0.4 is 4.90 Å². The molecule has 2 aromatic heterocycles. The maximum atomic E-state index is 6.98. The molecule has 60 heavy (non-hydrogen) atoms. The average Bonchev–Trinajstić information content (AvgIpc) is 3.95. The Morgan fingerprint density at radius 1 is 0.367 bits per heavy atom. The van der Waals surface area contributed by atoms with Crippen LogP contribution in [0.3, 0.4) is 0 Å². The standard InChI is InChI=1S/C57H39NO2/c1-57(2)49-21-11-8-18-43(49)44-31-29-40(35-50(44)57)58(39-27-24-37(25-28-39)36-14-4-3-5-15-36)51-33-32-47(56-55(51)48-20-10-13-23-53(48)60-56)42-17-7-6-16-41(42)38-26-30-46-45-19-9-12-22-52(45)59-54(46)34-38/h3-35H,1-2H3. The highest BCUT2D eigenvalue weighted by atomic mass is 16.3. The number of nitrogens with zero attached hydrogens (tertiary/aromatic N) is 1. The lowest BCUT2D eigenvalue weighted by Crippen LogP contribution is -2.16. The lowest BCUT2D eigenvalue weighted by Gasteiger charge is -2.29. The molecule has 9 aromatic carbocycles. The van der Waals surface area contributed by atoms with Gasteiger partial charge in [0, 0.05) is 38.5 Å². The molecule has 0 N–H and O–H groups in total. The van der Waals surface area contributed by atoms with Crippen LogP contribution in [0.1, 0.15) is 25.0 Å². The van der Waals surface area contributed by atoms with E-state index in [0.717, 1.165) is 83.2 Å². The number of hydrogen-bond acceptors (Lipinski definition) is 3. The van der Waals surface area contributed by atoms with Crippen molar-refractivity contribution in [1.82, 2.24) is 0 Å². The first-order valence-corrected chi connectivity index (χ1v) is 20.7. The van der Waals surface area contributed by atoms with Crippen molar-refractivity contribution >= 4 is 60.9 Å². The van der Waals surface area contributed by atoms with Crippen molar-refractivity contribution in [3.05, 3.63) is 211 Å². The average molecular weight is 770 g/mol. The minimum atomic E-state index is -0.151. The van der Waals surface area contributed by atoms with Crippen molar-refractivity contribution in [3.63, 3.8) is 0 Å². The minimum Gasteiger partial charge on any atom is -0.456 e. The Hall–Kier alpha value is -7.62. The zero-order valence-corrected chi connectivity index (χ0v) is 33.3. The zero-order valence-electron chi connectivity index (χ0n) is 33.3. The van der Waals surface area contributed by atoms with Gasteiger partial charge in [-0.05, 0) is 111 Å². The van der Waals surface area contributed by atoms with Gasteiger partial charge in [0.25, 0.3) is 0 Å². The summed E-state index contributed by atoms with van der Waals surface area (Å²) in [5, 5.41) is 4.39. The molecule has 0 aliphatic heterocycles. The lowest BCUT2D eigenvalue weighted by atomic mass is 9.82. The molecule has 0 saturated carbocycles. The molecule has 0 saturated heterocycles. The maximum Gasteiger partial charge on any atom is 0.145 e. The molecule has 0 spiro atoms. The van der Waals surface area contributed by atoms with Gasteiger partial charge in [0.05, 0.1) is 11.1 Å². The van der Waals surface area contributed by atoms with Crippen LogP contribution in [0, 0.1) is 0 Å². The second-order valence-electron chi connectivity index (χ2n) is 16.4. The highest BCUT2D eigenvalue weighted by molar-refractivity contribution is 6.18. The van der Waals surface area contributed by atoms with Gasteiger partial charge in [-0.3, -0.25) is 0 Å². The van der Waals surface area contributed by atoms with E-state index in [-0.39, 0.29) is 5.41 Å². The van der Waals surface area contributed by atoms with Gasteiger partial charge < -0.3 is 13.7 Å². The Morgan fingerprint density at radius 3 is 1.77 bits per heavy atom. The molecule has 11 aromatic rings. The number of para-hydroxylation sites is 2. The van der Waals surface area contributed by atoms with Crippen LogP contribution in [0.25, 0.3) is 88.4 Å². The molecule has 1 aliphatic rings. The van der Waals surface area contributed by atoms with E-state index >= 15 is 0 Å². The summed E-state index contributed by atoms with van der Waals surface area (Å²) in [6.45, 7) is 4.70. The second kappa shape index (κ2) is 13.2. The van der Waals surface area contributed by atoms with Gasteiger partial charge in [0.1, 0.15) is 22.3 Å². The van der Waals surface area contributed by atoms with Crippen molar-refractivity contribution in [2.24, 2.45) is 0 Å². The van der Waals surface area contributed by atoms with Crippen LogP contribution in [0.5, 0.6) is 0 Å². The smallest absolute Gasteiger partial charge is 0.145 e. The van der Waals surface area contributed by atoms with Crippen LogP contribution in [-0.2, 0) is 5.41 Å². The number of fused-ring (bicyclic) bond motifs is 9. The molecule has 0 amide bonds. The summed E-state index contributed by atoms with van der Waals surface area (Å²) in [4.78, 5) is 2.42. The van der Waals surface area contributed by atoms with Crippen molar-refractivity contribution in [2.45, 2.75) is 19.3 Å². The largest absolute Gasteiger partial charge is 0.456 e. The predicted molar refractivity (Wildman–Crippen MR) is 250 cm³/mol. The first-order valence-electron chi connectivity index (χ1n) is 20.7. The van der Waals surface area contributed by atoms with Gasteiger partial charge in [-0.2, -0.15) is 0 Å². The number of benzene rings is 9. The van der Waals surface area contributed by atoms with E-state index in [0.29, 0.717) is 0 Å². The van der Waals surface area contributed by atoms with Crippen LogP contribution in [0.4, 0.5) is 17.1 Å². The molecule has 0 bridgehead atoms. The monoisotopic (exact) mass is 769 g/mol. The van der Waals surface area contributed by atoms with Crippen molar-refractivity contribution < 1.29 is 8.83 Å². The third kappa shape index (κ3) is 5.22. The molecule has 12 rings (SSSR count). The zero-order chi connectivity index (χ0) is 40.0. The van der Waals surface area contributed by atoms with Gasteiger partial charge >= 0.3 is 0 Å². The molecule has 0 radical (unpaired) electrons. The summed E-state index contributed by atoms with van der Waals surface area (Å²) in [7, 11) is 0. The highest BCUT2D eigenvalue weighted by Crippen LogP contribution is 2.52. The molecule has 284 valence electrons. The summed E-state index contributed by atoms with van der Waals surface area (Å²) >= 11 is 0. The molecule has 0 fully saturated rings. The quantitative estimate of drug-likeness (QED) is 0.169. The van der Waals surface area contributed by atoms with Crippen molar-refractivity contribution in [1.29, 1.82) is 0 Å². The van der Waals surface area contributed by atoms with Crippen LogP contribution in [0.15, 0.2) is 209 Å². The Bertz CT molecular complexity index is 3460. The summed E-state index contributed by atoms with van der Waals surface area (Å²) in [5.41, 5.74) is 18.6. The fourth-order valence-electron chi connectivity index (χ4n) is 9.76. The van der Waals surface area contributed by atoms with E-state index in [1.807, 2.05) is 12.1 Å². The Labute approximate surface area is 348 Å². The minimum absolute atomic E-state index is 0.151. The van der Waals surface area contributed by atoms with Gasteiger partial charge in [-0.15, -0.1) is 0 Å². The molecule has 3 heteroatoms. The summed E-state index contributed by atoms with van der Waals surface area (Å²) in [6, 6.07) is 71.8. The summed E-state index contributed by atoms with van der Waals surface area (Å²) in [5.74, 6) is 0. The molecule has 3 nitrogen and oxygen atoms in total. The molecule has 1 aliphatic carbocycles. The number of anilines is 3. The normalized spacial score (nSPS) is 13.0. The Morgan fingerprint density at radius 2 is 0.950 bits per heavy atom. The van der Waals surface area contributed by atoms with E-state index < -0.39 is 0 Å². The number of rotatable bonds is 6. The van der Waals surface area contributed by atoms with Gasteiger partial charge in [-0.1, -0.05) is 153 Å². The van der Waals surface area contributed by atoms with Crippen LogP contribution in [-0.4, -0.2) is 0 Å². The van der Waals surface area contributed by atoms with E-state index in [1.54, 1.807) is 0 Å². The van der Waals surface area contributed by atoms with E-state index in [9.17, 15) is 0 Å². The third-order valence-corrected chi connectivity index (χ3v) is 12.7. The topological polar surface area (TPSA) is 29.5 Å². The molecular weight excluding hydrogens is 731 g/mol. The summed E-state index contributed by atoms with van der Waals surface area (Å²) in [6.07, 6.45) is 0. The van der Waals surface area contributed by atoms with E-state index in [2.05, 4.69) is 207 Å². The van der Waals surface area contributed by atoms with Crippen molar-refractivity contribution in [3.8, 4) is 44.5 Å². The van der Waals surface area contributed by atoms with E-state index in [1.165, 1.54) is 33.4 Å². The van der Waals surface area contributed by atoms with Crippen LogP contribution in [0.2, 0.25) is 0 Å². The maximum absolute atomic E-state index is 6.98. The van der Waals surface area contributed by atoms with Gasteiger partial charge in [0.2, 0.25) is 0 Å². The summed E-state index contributed by atoms with van der Waals surface area (Å²) < 4.78 is 13.3. The second-order valence-corrected chi connectivity index (χ2v) is 16.4. The number of hydrogen-bond donors (Lipinski definition) is 0. The Kier molecular flexibility index (Phi) is 7.58. The van der Waals surface area contributed by atoms with Crippen LogP contribution >= 0.6 is 0 Å². The first-order chi connectivity index (χ1) is 29.5. The molecule has 0 unspecified atom stereocenters. The fraction of sp³-hybridized carbons (Fsp3) is 0.0526. The fourth-order valence-corrected chi connectivity index (χ4v) is 9.76. The van der Waals surface area contributed by atoms with Crippen molar-refractivity contribution in [2.75, 3.05) is 4.90 Å². The molecular formula is C57H39NO2. The molecule has 0 atom stereocenters. The molecule has 2 heterocycles.